The highest BCUT2D eigenvalue weighted by Gasteiger charge is 2.02. The molecule has 0 atom stereocenters. The summed E-state index contributed by atoms with van der Waals surface area (Å²) in [6, 6.07) is 10.2. The number of pyridine rings is 1. The lowest BCUT2D eigenvalue weighted by atomic mass is 10.0. The van der Waals surface area contributed by atoms with Crippen molar-refractivity contribution in [1.29, 1.82) is 0 Å². The van der Waals surface area contributed by atoms with Gasteiger partial charge in [0.2, 0.25) is 0 Å². The molecule has 0 fully saturated rings. The van der Waals surface area contributed by atoms with Crippen molar-refractivity contribution in [2.24, 2.45) is 0 Å². The molecule has 0 unspecified atom stereocenters. The van der Waals surface area contributed by atoms with Crippen molar-refractivity contribution in [3.8, 4) is 16.9 Å². The third-order valence-electron chi connectivity index (χ3n) is 2.40. The summed E-state index contributed by atoms with van der Waals surface area (Å²) in [5, 5.41) is 0. The molecular weight excluding hydrogens is 186 g/mol. The summed E-state index contributed by atoms with van der Waals surface area (Å²) in [6.07, 6.45) is 3.56. The number of nitrogens with zero attached hydrogens (tertiary/aromatic N) is 1. The van der Waals surface area contributed by atoms with Gasteiger partial charge in [-0.05, 0) is 24.1 Å². The Hall–Kier alpha value is -1.83. The fourth-order valence-electron chi connectivity index (χ4n) is 1.57. The van der Waals surface area contributed by atoms with E-state index >= 15 is 0 Å². The largest absolute Gasteiger partial charge is 0.495 e. The molecule has 1 aromatic carbocycles. The van der Waals surface area contributed by atoms with E-state index in [4.69, 9.17) is 4.74 Å². The molecular formula is C13H13NO. The third kappa shape index (κ3) is 1.99. The fourth-order valence-corrected chi connectivity index (χ4v) is 1.57. The number of aromatic nitrogens is 1. The molecule has 15 heavy (non-hydrogen) atoms. The zero-order chi connectivity index (χ0) is 10.7. The van der Waals surface area contributed by atoms with Crippen LogP contribution in [-0.2, 0) is 0 Å². The highest BCUT2D eigenvalue weighted by atomic mass is 16.5. The average molecular weight is 199 g/mol. The molecule has 0 N–H and O–H groups in total. The van der Waals surface area contributed by atoms with Crippen LogP contribution >= 0.6 is 0 Å². The summed E-state index contributed by atoms with van der Waals surface area (Å²) in [7, 11) is 1.65. The number of aryl methyl sites for hydroxylation is 1. The second-order valence-corrected chi connectivity index (χ2v) is 3.43. The zero-order valence-corrected chi connectivity index (χ0v) is 8.90. The molecule has 0 aliphatic rings. The van der Waals surface area contributed by atoms with Crippen LogP contribution in [0.1, 0.15) is 5.56 Å². The third-order valence-corrected chi connectivity index (χ3v) is 2.40. The van der Waals surface area contributed by atoms with Crippen LogP contribution in [0.4, 0.5) is 0 Å². The van der Waals surface area contributed by atoms with E-state index in [1.165, 1.54) is 11.1 Å². The Labute approximate surface area is 89.6 Å². The van der Waals surface area contributed by atoms with Gasteiger partial charge in [0.15, 0.2) is 0 Å². The zero-order valence-electron chi connectivity index (χ0n) is 8.90. The second kappa shape index (κ2) is 4.13. The van der Waals surface area contributed by atoms with Gasteiger partial charge in [-0.2, -0.15) is 0 Å². The van der Waals surface area contributed by atoms with Gasteiger partial charge in [-0.1, -0.05) is 24.3 Å². The van der Waals surface area contributed by atoms with Gasteiger partial charge in [0.1, 0.15) is 5.75 Å². The van der Waals surface area contributed by atoms with Crippen LogP contribution in [0.3, 0.4) is 0 Å². The van der Waals surface area contributed by atoms with Gasteiger partial charge in [0.05, 0.1) is 13.3 Å². The van der Waals surface area contributed by atoms with Gasteiger partial charge < -0.3 is 4.74 Å². The van der Waals surface area contributed by atoms with Crippen LogP contribution in [0.2, 0.25) is 0 Å². The number of hydrogen-bond donors (Lipinski definition) is 0. The summed E-state index contributed by atoms with van der Waals surface area (Å²) in [6.45, 7) is 2.09. The molecule has 0 aliphatic heterocycles. The Morgan fingerprint density at radius 2 is 1.93 bits per heavy atom. The smallest absolute Gasteiger partial charge is 0.137 e. The molecule has 0 bridgehead atoms. The molecule has 0 amide bonds. The van der Waals surface area contributed by atoms with Gasteiger partial charge in [0.25, 0.3) is 0 Å². The molecule has 2 heteroatoms. The van der Waals surface area contributed by atoms with Crippen molar-refractivity contribution >= 4 is 0 Å². The molecule has 2 aromatic rings. The van der Waals surface area contributed by atoms with Crippen LogP contribution < -0.4 is 4.74 Å². The molecule has 76 valence electrons. The van der Waals surface area contributed by atoms with Gasteiger partial charge in [-0.3, -0.25) is 4.98 Å². The van der Waals surface area contributed by atoms with Crippen LogP contribution in [0.15, 0.2) is 42.7 Å². The molecule has 0 saturated carbocycles. The Morgan fingerprint density at radius 3 is 2.67 bits per heavy atom. The Bertz CT molecular complexity index is 466. The lowest BCUT2D eigenvalue weighted by molar-refractivity contribution is 0.413. The minimum atomic E-state index is 0.788. The average Bonchev–Trinajstić information content (AvgIpc) is 2.30. The Kier molecular flexibility index (Phi) is 2.68. The van der Waals surface area contributed by atoms with E-state index in [2.05, 4.69) is 24.0 Å². The molecule has 2 rings (SSSR count). The predicted octanol–water partition coefficient (Wildman–Crippen LogP) is 3.07. The number of ether oxygens (including phenoxy) is 1. The van der Waals surface area contributed by atoms with Crippen LogP contribution in [0, 0.1) is 6.92 Å². The first-order chi connectivity index (χ1) is 7.31. The minimum absolute atomic E-state index is 0.788. The van der Waals surface area contributed by atoms with E-state index < -0.39 is 0 Å². The van der Waals surface area contributed by atoms with Gasteiger partial charge in [-0.15, -0.1) is 0 Å². The topological polar surface area (TPSA) is 22.1 Å². The first kappa shape index (κ1) is 9.71. The van der Waals surface area contributed by atoms with Gasteiger partial charge in [0, 0.05) is 11.8 Å². The van der Waals surface area contributed by atoms with E-state index in [1.54, 1.807) is 13.3 Å². The van der Waals surface area contributed by atoms with Crippen molar-refractivity contribution in [3.63, 3.8) is 0 Å². The van der Waals surface area contributed by atoms with E-state index in [0.717, 1.165) is 11.3 Å². The molecule has 1 aromatic heterocycles. The molecule has 2 nitrogen and oxygen atoms in total. The van der Waals surface area contributed by atoms with Crippen molar-refractivity contribution in [2.75, 3.05) is 7.11 Å². The normalized spacial score (nSPS) is 10.0. The quantitative estimate of drug-likeness (QED) is 0.741. The van der Waals surface area contributed by atoms with Crippen LogP contribution in [-0.4, -0.2) is 12.1 Å². The van der Waals surface area contributed by atoms with Crippen molar-refractivity contribution in [1.82, 2.24) is 4.98 Å². The SMILES string of the molecule is COc1cncc(-c2ccccc2C)c1. The molecule has 0 saturated heterocycles. The van der Waals surface area contributed by atoms with E-state index in [9.17, 15) is 0 Å². The molecule has 0 spiro atoms. The minimum Gasteiger partial charge on any atom is -0.495 e. The standard InChI is InChI=1S/C13H13NO/c1-10-5-3-4-6-13(10)11-7-12(15-2)9-14-8-11/h3-9H,1-2H3. The summed E-state index contributed by atoms with van der Waals surface area (Å²) in [5.41, 5.74) is 3.53. The van der Waals surface area contributed by atoms with E-state index in [0.29, 0.717) is 0 Å². The van der Waals surface area contributed by atoms with Crippen molar-refractivity contribution in [2.45, 2.75) is 6.92 Å². The van der Waals surface area contributed by atoms with Gasteiger partial charge in [-0.25, -0.2) is 0 Å². The summed E-state index contributed by atoms with van der Waals surface area (Å²) in [5.74, 6) is 0.788. The molecule has 0 aliphatic carbocycles. The first-order valence-corrected chi connectivity index (χ1v) is 4.86. The lowest BCUT2D eigenvalue weighted by Gasteiger charge is -2.06. The fraction of sp³-hybridized carbons (Fsp3) is 0.154. The highest BCUT2D eigenvalue weighted by Crippen LogP contribution is 2.24. The maximum absolute atomic E-state index is 5.15. The van der Waals surface area contributed by atoms with Gasteiger partial charge >= 0.3 is 0 Å². The van der Waals surface area contributed by atoms with Crippen molar-refractivity contribution in [3.05, 3.63) is 48.3 Å². The monoisotopic (exact) mass is 199 g/mol. The molecule has 1 heterocycles. The summed E-state index contributed by atoms with van der Waals surface area (Å²) in [4.78, 5) is 4.15. The maximum Gasteiger partial charge on any atom is 0.137 e. The number of hydrogen-bond acceptors (Lipinski definition) is 2. The van der Waals surface area contributed by atoms with Crippen LogP contribution in [0.5, 0.6) is 5.75 Å². The Morgan fingerprint density at radius 1 is 1.13 bits per heavy atom. The second-order valence-electron chi connectivity index (χ2n) is 3.43. The first-order valence-electron chi connectivity index (χ1n) is 4.86. The summed E-state index contributed by atoms with van der Waals surface area (Å²) >= 11 is 0. The molecule has 0 radical (unpaired) electrons. The number of benzene rings is 1. The van der Waals surface area contributed by atoms with E-state index in [-0.39, 0.29) is 0 Å². The predicted molar refractivity (Wildman–Crippen MR) is 61.0 cm³/mol. The Balaban J connectivity index is 2.49. The van der Waals surface area contributed by atoms with Crippen LogP contribution in [0.25, 0.3) is 11.1 Å². The summed E-state index contributed by atoms with van der Waals surface area (Å²) < 4.78 is 5.15. The van der Waals surface area contributed by atoms with E-state index in [1.807, 2.05) is 24.4 Å². The number of methoxy groups -OCH3 is 1. The number of rotatable bonds is 2. The maximum atomic E-state index is 5.15. The lowest BCUT2D eigenvalue weighted by Crippen LogP contribution is -1.87. The van der Waals surface area contributed by atoms with Crippen molar-refractivity contribution < 1.29 is 4.74 Å². The highest BCUT2D eigenvalue weighted by molar-refractivity contribution is 5.67.